The maximum atomic E-state index is 6.05. The number of furan rings is 2. The number of hydrogen-bond donors (Lipinski definition) is 0. The van der Waals surface area contributed by atoms with Crippen LogP contribution in [0.3, 0.4) is 0 Å². The third-order valence-corrected chi connectivity index (χ3v) is 5.30. The van der Waals surface area contributed by atoms with Crippen molar-refractivity contribution in [2.24, 2.45) is 0 Å². The van der Waals surface area contributed by atoms with Crippen molar-refractivity contribution in [3.8, 4) is 0 Å². The van der Waals surface area contributed by atoms with E-state index in [2.05, 4.69) is 56.7 Å². The monoisotopic (exact) mass is 462 g/mol. The van der Waals surface area contributed by atoms with Crippen LogP contribution in [0, 0.1) is 3.57 Å². The van der Waals surface area contributed by atoms with E-state index in [0.29, 0.717) is 0 Å². The fourth-order valence-electron chi connectivity index (χ4n) is 3.09. The molecule has 0 bridgehead atoms. The minimum absolute atomic E-state index is 0.880. The first kappa shape index (κ1) is 13.0. The maximum Gasteiger partial charge on any atom is 0.149 e. The van der Waals surface area contributed by atoms with Crippen LogP contribution in [0.4, 0.5) is 0 Å². The molecule has 0 atom stereocenters. The third-order valence-electron chi connectivity index (χ3n) is 4.01. The van der Waals surface area contributed by atoms with Crippen LogP contribution in [0.1, 0.15) is 0 Å². The van der Waals surface area contributed by atoms with E-state index in [9.17, 15) is 0 Å². The zero-order valence-electron chi connectivity index (χ0n) is 11.2. The van der Waals surface area contributed by atoms with Gasteiger partial charge in [-0.3, -0.25) is 0 Å². The zero-order valence-corrected chi connectivity index (χ0v) is 14.9. The lowest BCUT2D eigenvalue weighted by atomic mass is 10.1. The predicted octanol–water partition coefficient (Wildman–Crippen LogP) is 6.85. The largest absolute Gasteiger partial charge is 0.456 e. The van der Waals surface area contributed by atoms with Gasteiger partial charge in [0.05, 0.1) is 4.47 Å². The summed E-state index contributed by atoms with van der Waals surface area (Å²) in [6, 6.07) is 16.4. The topological polar surface area (TPSA) is 26.3 Å². The summed E-state index contributed by atoms with van der Waals surface area (Å²) in [6.45, 7) is 0. The van der Waals surface area contributed by atoms with Crippen molar-refractivity contribution in [3.63, 3.8) is 0 Å². The lowest BCUT2D eigenvalue weighted by Gasteiger charge is -1.94. The molecule has 5 aromatic rings. The summed E-state index contributed by atoms with van der Waals surface area (Å²) in [7, 11) is 0. The van der Waals surface area contributed by atoms with Crippen LogP contribution in [0.15, 0.2) is 61.8 Å². The van der Waals surface area contributed by atoms with Crippen LogP contribution in [-0.4, -0.2) is 0 Å². The van der Waals surface area contributed by atoms with Crippen LogP contribution >= 0.6 is 38.5 Å². The van der Waals surface area contributed by atoms with Gasteiger partial charge in [-0.1, -0.05) is 12.1 Å². The van der Waals surface area contributed by atoms with Crippen molar-refractivity contribution in [2.45, 2.75) is 0 Å². The Morgan fingerprint density at radius 2 is 1.50 bits per heavy atom. The summed E-state index contributed by atoms with van der Waals surface area (Å²) in [5, 5.41) is 4.49. The van der Waals surface area contributed by atoms with Crippen molar-refractivity contribution in [2.75, 3.05) is 0 Å². The first-order valence-electron chi connectivity index (χ1n) is 6.84. The number of para-hydroxylation sites is 1. The van der Waals surface area contributed by atoms with Crippen molar-refractivity contribution in [3.05, 3.63) is 56.6 Å². The summed E-state index contributed by atoms with van der Waals surface area (Å²) in [4.78, 5) is 0. The van der Waals surface area contributed by atoms with Gasteiger partial charge in [0.1, 0.15) is 22.3 Å². The zero-order chi connectivity index (χ0) is 14.8. The average Bonchev–Trinajstić information content (AvgIpc) is 3.05. The summed E-state index contributed by atoms with van der Waals surface area (Å²) >= 11 is 5.90. The van der Waals surface area contributed by atoms with Crippen LogP contribution in [0.2, 0.25) is 0 Å². The van der Waals surface area contributed by atoms with Gasteiger partial charge in [0.25, 0.3) is 0 Å². The van der Waals surface area contributed by atoms with E-state index in [1.165, 1.54) is 3.57 Å². The van der Waals surface area contributed by atoms with Gasteiger partial charge in [-0.25, -0.2) is 0 Å². The Morgan fingerprint density at radius 3 is 2.36 bits per heavy atom. The van der Waals surface area contributed by atoms with Crippen molar-refractivity contribution in [1.82, 2.24) is 0 Å². The average molecular weight is 463 g/mol. The van der Waals surface area contributed by atoms with E-state index in [0.717, 1.165) is 48.3 Å². The molecule has 3 aromatic carbocycles. The smallest absolute Gasteiger partial charge is 0.149 e. The Bertz CT molecular complexity index is 1190. The second-order valence-corrected chi connectivity index (χ2v) is 7.37. The first-order chi connectivity index (χ1) is 10.7. The molecule has 0 aliphatic carbocycles. The summed E-state index contributed by atoms with van der Waals surface area (Å²) in [5.74, 6) is 0. The molecule has 2 aromatic heterocycles. The number of halogens is 2. The van der Waals surface area contributed by atoms with Crippen molar-refractivity contribution >= 4 is 82.4 Å². The molecule has 0 fully saturated rings. The molecule has 0 aliphatic heterocycles. The molecule has 0 radical (unpaired) electrons. The van der Waals surface area contributed by atoms with E-state index in [4.69, 9.17) is 8.83 Å². The highest BCUT2D eigenvalue weighted by molar-refractivity contribution is 14.1. The Balaban J connectivity index is 2.15. The second kappa shape index (κ2) is 4.49. The van der Waals surface area contributed by atoms with Crippen LogP contribution in [-0.2, 0) is 0 Å². The number of benzene rings is 3. The highest BCUT2D eigenvalue weighted by atomic mass is 127. The third kappa shape index (κ3) is 1.65. The highest BCUT2D eigenvalue weighted by Crippen LogP contribution is 2.41. The van der Waals surface area contributed by atoms with E-state index in [1.807, 2.05) is 30.3 Å². The minimum Gasteiger partial charge on any atom is -0.456 e. The molecule has 106 valence electrons. The van der Waals surface area contributed by atoms with Gasteiger partial charge in [-0.05, 0) is 74.9 Å². The van der Waals surface area contributed by atoms with E-state index in [1.54, 1.807) is 0 Å². The molecular formula is C18H8BrIO2. The maximum absolute atomic E-state index is 6.05. The van der Waals surface area contributed by atoms with Crippen molar-refractivity contribution < 1.29 is 8.83 Å². The van der Waals surface area contributed by atoms with Gasteiger partial charge in [0.2, 0.25) is 0 Å². The van der Waals surface area contributed by atoms with Gasteiger partial charge >= 0.3 is 0 Å². The molecule has 0 N–H and O–H groups in total. The van der Waals surface area contributed by atoms with Gasteiger partial charge in [-0.15, -0.1) is 0 Å². The Morgan fingerprint density at radius 1 is 0.773 bits per heavy atom. The van der Waals surface area contributed by atoms with E-state index >= 15 is 0 Å². The van der Waals surface area contributed by atoms with E-state index in [-0.39, 0.29) is 0 Å². The normalized spacial score (nSPS) is 12.1. The fraction of sp³-hybridized carbons (Fsp3) is 0. The fourth-order valence-corrected chi connectivity index (χ4v) is 4.03. The lowest BCUT2D eigenvalue weighted by molar-refractivity contribution is 0.661. The molecule has 4 heteroatoms. The number of hydrogen-bond acceptors (Lipinski definition) is 2. The van der Waals surface area contributed by atoms with Crippen LogP contribution in [0.25, 0.3) is 43.9 Å². The second-order valence-electron chi connectivity index (χ2n) is 5.27. The Hall–Kier alpha value is -1.53. The Kier molecular flexibility index (Phi) is 2.64. The number of fused-ring (bicyclic) bond motifs is 7. The Labute approximate surface area is 147 Å². The number of rotatable bonds is 0. The summed E-state index contributed by atoms with van der Waals surface area (Å²) in [5.41, 5.74) is 3.57. The van der Waals surface area contributed by atoms with Crippen molar-refractivity contribution in [1.29, 1.82) is 0 Å². The SMILES string of the molecule is Brc1cccc2c1oc1ccc3oc4ccc(I)cc4c3c12. The standard InChI is InChI=1S/C18H8BrIO2/c19-12-3-1-2-10-16-15(22-18(10)12)7-6-14-17(16)11-8-9(20)4-5-13(11)21-14/h1-8H. The van der Waals surface area contributed by atoms with E-state index < -0.39 is 0 Å². The van der Waals surface area contributed by atoms with Gasteiger partial charge in [-0.2, -0.15) is 0 Å². The van der Waals surface area contributed by atoms with Crippen LogP contribution < -0.4 is 0 Å². The lowest BCUT2D eigenvalue weighted by Crippen LogP contribution is -1.73. The summed E-state index contributed by atoms with van der Waals surface area (Å²) in [6.07, 6.45) is 0. The molecule has 2 nitrogen and oxygen atoms in total. The molecule has 0 saturated heterocycles. The molecule has 0 unspecified atom stereocenters. The molecular weight excluding hydrogens is 455 g/mol. The molecule has 22 heavy (non-hydrogen) atoms. The highest BCUT2D eigenvalue weighted by Gasteiger charge is 2.17. The molecule has 2 heterocycles. The molecule has 0 amide bonds. The molecule has 0 saturated carbocycles. The molecule has 0 aliphatic rings. The van der Waals surface area contributed by atoms with Gasteiger partial charge in [0.15, 0.2) is 0 Å². The summed E-state index contributed by atoms with van der Waals surface area (Å²) < 4.78 is 14.2. The molecule has 5 rings (SSSR count). The predicted molar refractivity (Wildman–Crippen MR) is 101 cm³/mol. The van der Waals surface area contributed by atoms with Gasteiger partial charge in [0, 0.05) is 25.1 Å². The van der Waals surface area contributed by atoms with Gasteiger partial charge < -0.3 is 8.83 Å². The minimum atomic E-state index is 0.880. The molecule has 0 spiro atoms. The van der Waals surface area contributed by atoms with Crippen LogP contribution in [0.5, 0.6) is 0 Å². The first-order valence-corrected chi connectivity index (χ1v) is 8.71. The quantitative estimate of drug-likeness (QED) is 0.235.